The van der Waals surface area contributed by atoms with Gasteiger partial charge in [0, 0.05) is 32.7 Å². The third-order valence-electron chi connectivity index (χ3n) is 2.09. The highest BCUT2D eigenvalue weighted by Gasteiger charge is 2.02. The van der Waals surface area contributed by atoms with Gasteiger partial charge in [-0.1, -0.05) is 11.6 Å². The second-order valence-corrected chi connectivity index (χ2v) is 4.03. The Balaban J connectivity index is 2.26. The van der Waals surface area contributed by atoms with Crippen molar-refractivity contribution < 1.29 is 9.53 Å². The first-order chi connectivity index (χ1) is 8.61. The molecule has 1 heterocycles. The average molecular weight is 273 g/mol. The summed E-state index contributed by atoms with van der Waals surface area (Å²) in [6.45, 7) is 3.29. The van der Waals surface area contributed by atoms with Gasteiger partial charge in [0.15, 0.2) is 0 Å². The number of carbonyl (C=O) groups excluding carboxylic acids is 1. The summed E-state index contributed by atoms with van der Waals surface area (Å²) in [5, 5.41) is 6.13. The molecule has 0 aliphatic carbocycles. The van der Waals surface area contributed by atoms with Gasteiger partial charge in [0.1, 0.15) is 16.8 Å². The van der Waals surface area contributed by atoms with Gasteiger partial charge in [-0.2, -0.15) is 0 Å². The zero-order valence-electron chi connectivity index (χ0n) is 10.5. The van der Waals surface area contributed by atoms with Crippen molar-refractivity contribution in [3.05, 3.63) is 17.0 Å². The number of methoxy groups -OCH3 is 1. The molecule has 0 radical (unpaired) electrons. The van der Waals surface area contributed by atoms with Crippen molar-refractivity contribution in [3.8, 4) is 0 Å². The maximum absolute atomic E-state index is 11.4. The van der Waals surface area contributed by atoms with E-state index in [4.69, 9.17) is 16.3 Å². The predicted molar refractivity (Wildman–Crippen MR) is 69.8 cm³/mol. The standard InChI is InChI=1S/C11H17ClN4O2/c1-8-15-9(12)7-10(16-8)13-4-3-11(17)14-5-6-18-2/h7H,3-6H2,1-2H3,(H,14,17)(H,13,15,16). The molecular formula is C11H17ClN4O2. The zero-order chi connectivity index (χ0) is 13.4. The molecule has 0 fully saturated rings. The Labute approximate surface area is 111 Å². The van der Waals surface area contributed by atoms with Gasteiger partial charge >= 0.3 is 0 Å². The van der Waals surface area contributed by atoms with E-state index in [0.717, 1.165) is 0 Å². The van der Waals surface area contributed by atoms with E-state index in [2.05, 4.69) is 20.6 Å². The van der Waals surface area contributed by atoms with Gasteiger partial charge in [-0.3, -0.25) is 4.79 Å². The van der Waals surface area contributed by atoms with Crippen LogP contribution in [0.2, 0.25) is 5.15 Å². The number of carbonyl (C=O) groups is 1. The summed E-state index contributed by atoms with van der Waals surface area (Å²) in [4.78, 5) is 19.5. The first-order valence-corrected chi connectivity index (χ1v) is 6.00. The maximum atomic E-state index is 11.4. The lowest BCUT2D eigenvalue weighted by Gasteiger charge is -2.07. The first kappa shape index (κ1) is 14.7. The van der Waals surface area contributed by atoms with Crippen molar-refractivity contribution in [1.82, 2.24) is 15.3 Å². The van der Waals surface area contributed by atoms with Crippen LogP contribution >= 0.6 is 11.6 Å². The number of hydrogen-bond donors (Lipinski definition) is 2. The van der Waals surface area contributed by atoms with Gasteiger partial charge < -0.3 is 15.4 Å². The van der Waals surface area contributed by atoms with Gasteiger partial charge in [0.2, 0.25) is 5.91 Å². The van der Waals surface area contributed by atoms with Crippen molar-refractivity contribution in [2.24, 2.45) is 0 Å². The molecule has 1 aromatic rings. The summed E-state index contributed by atoms with van der Waals surface area (Å²) in [6, 6.07) is 1.62. The lowest BCUT2D eigenvalue weighted by Crippen LogP contribution is -2.28. The molecule has 2 N–H and O–H groups in total. The van der Waals surface area contributed by atoms with Crippen molar-refractivity contribution in [1.29, 1.82) is 0 Å². The Morgan fingerprint density at radius 2 is 2.22 bits per heavy atom. The number of rotatable bonds is 7. The normalized spacial score (nSPS) is 10.2. The van der Waals surface area contributed by atoms with Crippen LogP contribution in [0.1, 0.15) is 12.2 Å². The summed E-state index contributed by atoms with van der Waals surface area (Å²) in [7, 11) is 1.59. The predicted octanol–water partition coefficient (Wildman–Crippen LogP) is 1.00. The number of ether oxygens (including phenoxy) is 1. The SMILES string of the molecule is COCCNC(=O)CCNc1cc(Cl)nc(C)n1. The second kappa shape index (κ2) is 7.84. The van der Waals surface area contributed by atoms with Crippen LogP contribution < -0.4 is 10.6 Å². The molecule has 100 valence electrons. The maximum Gasteiger partial charge on any atom is 0.221 e. The van der Waals surface area contributed by atoms with Crippen LogP contribution in [-0.4, -0.2) is 42.7 Å². The summed E-state index contributed by atoms with van der Waals surface area (Å²) >= 11 is 5.79. The largest absolute Gasteiger partial charge is 0.383 e. The topological polar surface area (TPSA) is 76.1 Å². The lowest BCUT2D eigenvalue weighted by atomic mass is 10.4. The number of anilines is 1. The van der Waals surface area contributed by atoms with Crippen molar-refractivity contribution in [2.45, 2.75) is 13.3 Å². The number of nitrogens with one attached hydrogen (secondary N) is 2. The average Bonchev–Trinajstić information content (AvgIpc) is 2.28. The molecule has 1 aromatic heterocycles. The summed E-state index contributed by atoms with van der Waals surface area (Å²) in [6.07, 6.45) is 0.365. The summed E-state index contributed by atoms with van der Waals surface area (Å²) < 4.78 is 4.83. The number of halogens is 1. The molecule has 1 amide bonds. The van der Waals surface area contributed by atoms with Crippen molar-refractivity contribution in [3.63, 3.8) is 0 Å². The van der Waals surface area contributed by atoms with Crippen LogP contribution in [-0.2, 0) is 9.53 Å². The fraction of sp³-hybridized carbons (Fsp3) is 0.545. The third kappa shape index (κ3) is 5.79. The Kier molecular flexibility index (Phi) is 6.38. The van der Waals surface area contributed by atoms with Crippen LogP contribution in [0.15, 0.2) is 6.07 Å². The highest BCUT2D eigenvalue weighted by molar-refractivity contribution is 6.29. The molecule has 0 atom stereocenters. The molecule has 0 aliphatic heterocycles. The second-order valence-electron chi connectivity index (χ2n) is 3.64. The Morgan fingerprint density at radius 3 is 2.89 bits per heavy atom. The quantitative estimate of drug-likeness (QED) is 0.572. The minimum Gasteiger partial charge on any atom is -0.383 e. The van der Waals surface area contributed by atoms with E-state index >= 15 is 0 Å². The van der Waals surface area contributed by atoms with E-state index in [9.17, 15) is 4.79 Å². The first-order valence-electron chi connectivity index (χ1n) is 5.62. The van der Waals surface area contributed by atoms with Gasteiger partial charge in [-0.25, -0.2) is 9.97 Å². The van der Waals surface area contributed by atoms with Crippen LogP contribution in [0.3, 0.4) is 0 Å². The van der Waals surface area contributed by atoms with E-state index in [1.807, 2.05) is 0 Å². The summed E-state index contributed by atoms with van der Waals surface area (Å²) in [5.74, 6) is 1.18. The molecule has 1 rings (SSSR count). The van der Waals surface area contributed by atoms with Gasteiger partial charge in [0.25, 0.3) is 0 Å². The smallest absolute Gasteiger partial charge is 0.221 e. The Hall–Kier alpha value is -1.40. The van der Waals surface area contributed by atoms with Gasteiger partial charge in [-0.15, -0.1) is 0 Å². The Morgan fingerprint density at radius 1 is 1.44 bits per heavy atom. The number of amides is 1. The highest BCUT2D eigenvalue weighted by atomic mass is 35.5. The molecule has 0 spiro atoms. The molecule has 0 bridgehead atoms. The Bertz CT molecular complexity index is 380. The van der Waals surface area contributed by atoms with Crippen LogP contribution in [0, 0.1) is 6.92 Å². The number of aryl methyl sites for hydroxylation is 1. The van der Waals surface area contributed by atoms with E-state index < -0.39 is 0 Å². The van der Waals surface area contributed by atoms with Gasteiger partial charge in [0.05, 0.1) is 6.61 Å². The van der Waals surface area contributed by atoms with E-state index in [1.165, 1.54) is 0 Å². The fourth-order valence-corrected chi connectivity index (χ4v) is 1.53. The minimum atomic E-state index is -0.0311. The molecule has 18 heavy (non-hydrogen) atoms. The lowest BCUT2D eigenvalue weighted by molar-refractivity contribution is -0.121. The van der Waals surface area contributed by atoms with E-state index in [0.29, 0.717) is 42.9 Å². The van der Waals surface area contributed by atoms with Crippen LogP contribution in [0.4, 0.5) is 5.82 Å². The molecule has 6 nitrogen and oxygen atoms in total. The monoisotopic (exact) mass is 272 g/mol. The molecule has 0 aromatic carbocycles. The van der Waals surface area contributed by atoms with Gasteiger partial charge in [-0.05, 0) is 6.92 Å². The molecular weight excluding hydrogens is 256 g/mol. The molecule has 0 aliphatic rings. The third-order valence-corrected chi connectivity index (χ3v) is 2.29. The van der Waals surface area contributed by atoms with E-state index in [-0.39, 0.29) is 5.91 Å². The molecule has 0 unspecified atom stereocenters. The number of nitrogens with zero attached hydrogens (tertiary/aromatic N) is 2. The molecule has 7 heteroatoms. The molecule has 0 saturated heterocycles. The molecule has 0 saturated carbocycles. The minimum absolute atomic E-state index is 0.0311. The zero-order valence-corrected chi connectivity index (χ0v) is 11.3. The van der Waals surface area contributed by atoms with Crippen molar-refractivity contribution >= 4 is 23.3 Å². The summed E-state index contributed by atoms with van der Waals surface area (Å²) in [5.41, 5.74) is 0. The van der Waals surface area contributed by atoms with Crippen molar-refractivity contribution in [2.75, 3.05) is 32.1 Å². The van der Waals surface area contributed by atoms with E-state index in [1.54, 1.807) is 20.1 Å². The highest BCUT2D eigenvalue weighted by Crippen LogP contribution is 2.10. The fourth-order valence-electron chi connectivity index (χ4n) is 1.31. The van der Waals surface area contributed by atoms with Crippen LogP contribution in [0.5, 0.6) is 0 Å². The van der Waals surface area contributed by atoms with Crippen LogP contribution in [0.25, 0.3) is 0 Å². The number of aromatic nitrogens is 2. The number of hydrogen-bond acceptors (Lipinski definition) is 5.